The predicted molar refractivity (Wildman–Crippen MR) is 72.6 cm³/mol. The maximum atomic E-state index is 5.24. The minimum Gasteiger partial charge on any atom is -0.299 e. The van der Waals surface area contributed by atoms with Crippen molar-refractivity contribution in [3.8, 4) is 0 Å². The van der Waals surface area contributed by atoms with E-state index in [0.29, 0.717) is 10.7 Å². The van der Waals surface area contributed by atoms with Crippen LogP contribution >= 0.6 is 39.5 Å². The van der Waals surface area contributed by atoms with Gasteiger partial charge in [0.1, 0.15) is 5.82 Å². The van der Waals surface area contributed by atoms with E-state index in [4.69, 9.17) is 12.2 Å². The van der Waals surface area contributed by atoms with Crippen molar-refractivity contribution < 1.29 is 0 Å². The van der Waals surface area contributed by atoms with Gasteiger partial charge < -0.3 is 0 Å². The number of halogens is 1. The number of aromatic nitrogens is 3. The van der Waals surface area contributed by atoms with Gasteiger partial charge in [0, 0.05) is 15.3 Å². The smallest absolute Gasteiger partial charge is 0.195 e. The first-order valence-electron chi connectivity index (χ1n) is 4.96. The molecule has 2 rings (SSSR count). The van der Waals surface area contributed by atoms with Crippen molar-refractivity contribution >= 4 is 39.5 Å². The van der Waals surface area contributed by atoms with Crippen LogP contribution in [-0.4, -0.2) is 14.8 Å². The van der Waals surface area contributed by atoms with E-state index in [-0.39, 0.29) is 0 Å². The third-order valence-corrected chi connectivity index (χ3v) is 4.52. The summed E-state index contributed by atoms with van der Waals surface area (Å²) in [5, 5.41) is 9.18. The molecule has 0 aliphatic carbocycles. The van der Waals surface area contributed by atoms with Crippen LogP contribution in [0, 0.1) is 4.77 Å². The zero-order chi connectivity index (χ0) is 11.7. The number of hydrogen-bond acceptors (Lipinski definition) is 3. The Bertz CT molecular complexity index is 538. The average molecular weight is 318 g/mol. The summed E-state index contributed by atoms with van der Waals surface area (Å²) in [6, 6.07) is 2.05. The minimum atomic E-state index is 0.367. The lowest BCUT2D eigenvalue weighted by Crippen LogP contribution is -2.06. The quantitative estimate of drug-likeness (QED) is 0.870. The summed E-state index contributed by atoms with van der Waals surface area (Å²) < 4.78 is 3.87. The highest BCUT2D eigenvalue weighted by atomic mass is 79.9. The molecule has 0 aliphatic rings. The van der Waals surface area contributed by atoms with Crippen molar-refractivity contribution in [1.29, 1.82) is 0 Å². The lowest BCUT2D eigenvalue weighted by atomic mass is 10.2. The SMILES string of the molecule is CC(C)c1n[nH]c(=S)n1Cc1sccc1Br. The van der Waals surface area contributed by atoms with Crippen LogP contribution in [0.25, 0.3) is 0 Å². The monoisotopic (exact) mass is 317 g/mol. The highest BCUT2D eigenvalue weighted by Gasteiger charge is 2.12. The topological polar surface area (TPSA) is 33.6 Å². The second kappa shape index (κ2) is 4.81. The van der Waals surface area contributed by atoms with Crippen LogP contribution in [0.4, 0.5) is 0 Å². The Morgan fingerprint density at radius 3 is 2.94 bits per heavy atom. The lowest BCUT2D eigenvalue weighted by Gasteiger charge is -2.08. The predicted octanol–water partition coefficient (Wildman–Crippen LogP) is 3.94. The summed E-state index contributed by atoms with van der Waals surface area (Å²) in [5.74, 6) is 1.37. The molecule has 0 aliphatic heterocycles. The summed E-state index contributed by atoms with van der Waals surface area (Å²) in [5.41, 5.74) is 0. The number of rotatable bonds is 3. The molecular formula is C10H12BrN3S2. The van der Waals surface area contributed by atoms with Gasteiger partial charge in [-0.15, -0.1) is 11.3 Å². The van der Waals surface area contributed by atoms with Crippen LogP contribution in [0.3, 0.4) is 0 Å². The fourth-order valence-corrected chi connectivity index (χ4v) is 3.17. The summed E-state index contributed by atoms with van der Waals surface area (Å²) in [7, 11) is 0. The van der Waals surface area contributed by atoms with Gasteiger partial charge in [-0.1, -0.05) is 13.8 Å². The molecule has 0 amide bonds. The van der Waals surface area contributed by atoms with Crippen LogP contribution in [0.2, 0.25) is 0 Å². The van der Waals surface area contributed by atoms with E-state index in [1.165, 1.54) is 4.88 Å². The molecular weight excluding hydrogens is 306 g/mol. The highest BCUT2D eigenvalue weighted by Crippen LogP contribution is 2.24. The Morgan fingerprint density at radius 1 is 1.62 bits per heavy atom. The van der Waals surface area contributed by atoms with E-state index in [0.717, 1.165) is 16.8 Å². The van der Waals surface area contributed by atoms with Crippen LogP contribution in [0.15, 0.2) is 15.9 Å². The van der Waals surface area contributed by atoms with E-state index in [1.807, 2.05) is 0 Å². The Morgan fingerprint density at radius 2 is 2.38 bits per heavy atom. The van der Waals surface area contributed by atoms with Gasteiger partial charge in [-0.25, -0.2) is 0 Å². The number of nitrogens with zero attached hydrogens (tertiary/aromatic N) is 2. The molecule has 0 unspecified atom stereocenters. The van der Waals surface area contributed by atoms with Crippen molar-refractivity contribution in [2.24, 2.45) is 0 Å². The minimum absolute atomic E-state index is 0.367. The van der Waals surface area contributed by atoms with E-state index in [9.17, 15) is 0 Å². The van der Waals surface area contributed by atoms with Gasteiger partial charge in [0.25, 0.3) is 0 Å². The van der Waals surface area contributed by atoms with Crippen molar-refractivity contribution in [3.63, 3.8) is 0 Å². The van der Waals surface area contributed by atoms with Crippen molar-refractivity contribution in [1.82, 2.24) is 14.8 Å². The number of nitrogens with one attached hydrogen (secondary N) is 1. The normalized spacial score (nSPS) is 11.2. The Hall–Kier alpha value is -0.460. The van der Waals surface area contributed by atoms with Crippen LogP contribution < -0.4 is 0 Å². The number of H-pyrrole nitrogens is 1. The molecule has 0 fully saturated rings. The average Bonchev–Trinajstić information content (AvgIpc) is 2.76. The molecule has 0 saturated carbocycles. The second-order valence-corrected chi connectivity index (χ2v) is 6.06. The van der Waals surface area contributed by atoms with Gasteiger partial charge in [-0.2, -0.15) is 5.10 Å². The fraction of sp³-hybridized carbons (Fsp3) is 0.400. The molecule has 86 valence electrons. The van der Waals surface area contributed by atoms with E-state index in [1.54, 1.807) is 11.3 Å². The van der Waals surface area contributed by atoms with Crippen LogP contribution in [0.5, 0.6) is 0 Å². The van der Waals surface area contributed by atoms with E-state index < -0.39 is 0 Å². The molecule has 0 aromatic carbocycles. The Kier molecular flexibility index (Phi) is 3.61. The van der Waals surface area contributed by atoms with Gasteiger partial charge in [0.15, 0.2) is 4.77 Å². The van der Waals surface area contributed by atoms with Gasteiger partial charge in [0.05, 0.1) is 6.54 Å². The maximum Gasteiger partial charge on any atom is 0.195 e. The van der Waals surface area contributed by atoms with Gasteiger partial charge in [0.2, 0.25) is 0 Å². The zero-order valence-electron chi connectivity index (χ0n) is 9.03. The Balaban J connectivity index is 2.38. The number of hydrogen-bond donors (Lipinski definition) is 1. The van der Waals surface area contributed by atoms with E-state index >= 15 is 0 Å². The highest BCUT2D eigenvalue weighted by molar-refractivity contribution is 9.10. The first kappa shape index (κ1) is 12.0. The molecule has 3 nitrogen and oxygen atoms in total. The zero-order valence-corrected chi connectivity index (χ0v) is 12.2. The first-order chi connectivity index (χ1) is 7.59. The molecule has 6 heteroatoms. The third-order valence-electron chi connectivity index (χ3n) is 2.30. The van der Waals surface area contributed by atoms with Crippen molar-refractivity contribution in [2.45, 2.75) is 26.3 Å². The summed E-state index contributed by atoms with van der Waals surface area (Å²) in [6.45, 7) is 5.01. The molecule has 0 saturated heterocycles. The first-order valence-corrected chi connectivity index (χ1v) is 7.04. The molecule has 2 aromatic heterocycles. The molecule has 0 bridgehead atoms. The summed E-state index contributed by atoms with van der Waals surface area (Å²) >= 11 is 10.5. The van der Waals surface area contributed by atoms with Crippen molar-refractivity contribution in [3.05, 3.63) is 31.4 Å². The summed E-state index contributed by atoms with van der Waals surface area (Å²) in [4.78, 5) is 1.26. The molecule has 0 spiro atoms. The fourth-order valence-electron chi connectivity index (χ4n) is 1.50. The molecule has 1 N–H and O–H groups in total. The van der Waals surface area contributed by atoms with Crippen LogP contribution in [0.1, 0.15) is 30.5 Å². The number of aromatic amines is 1. The molecule has 2 heterocycles. The number of thiophene rings is 1. The second-order valence-electron chi connectivity index (χ2n) is 3.82. The molecule has 2 aromatic rings. The van der Waals surface area contributed by atoms with Gasteiger partial charge in [-0.05, 0) is 39.6 Å². The summed E-state index contributed by atoms with van der Waals surface area (Å²) in [6.07, 6.45) is 0. The lowest BCUT2D eigenvalue weighted by molar-refractivity contribution is 0.668. The molecule has 16 heavy (non-hydrogen) atoms. The van der Waals surface area contributed by atoms with Crippen molar-refractivity contribution in [2.75, 3.05) is 0 Å². The Labute approximate surface area is 112 Å². The van der Waals surface area contributed by atoms with E-state index in [2.05, 4.69) is 56.0 Å². The maximum absolute atomic E-state index is 5.24. The third kappa shape index (κ3) is 2.28. The molecule has 0 atom stereocenters. The molecule has 0 radical (unpaired) electrons. The standard InChI is InChI=1S/C10H12BrN3S2/c1-6(2)9-12-13-10(15)14(9)5-8-7(11)3-4-16-8/h3-4,6H,5H2,1-2H3,(H,13,15). The van der Waals surface area contributed by atoms with Gasteiger partial charge in [-0.3, -0.25) is 9.67 Å². The van der Waals surface area contributed by atoms with Gasteiger partial charge >= 0.3 is 0 Å². The van der Waals surface area contributed by atoms with Crippen LogP contribution in [-0.2, 0) is 6.54 Å². The largest absolute Gasteiger partial charge is 0.299 e.